The largest absolute Gasteiger partial charge is 0.464 e. The van der Waals surface area contributed by atoms with E-state index in [0.717, 1.165) is 10.0 Å². The summed E-state index contributed by atoms with van der Waals surface area (Å²) in [6, 6.07) is 7.59. The Bertz CT molecular complexity index is 464. The molecule has 0 radical (unpaired) electrons. The van der Waals surface area contributed by atoms with E-state index in [1.165, 1.54) is 0 Å². The maximum absolute atomic E-state index is 12.3. The van der Waals surface area contributed by atoms with Crippen LogP contribution in [0.4, 0.5) is 0 Å². The molecule has 0 aliphatic rings. The van der Waals surface area contributed by atoms with Crippen molar-refractivity contribution in [1.82, 2.24) is 5.32 Å². The maximum atomic E-state index is 12.3. The van der Waals surface area contributed by atoms with Gasteiger partial charge in [-0.05, 0) is 31.0 Å². The summed E-state index contributed by atoms with van der Waals surface area (Å²) in [6.07, 6.45) is 5.86. The average molecular weight is 324 g/mol. The summed E-state index contributed by atoms with van der Waals surface area (Å²) in [5, 5.41) is 3.13. The zero-order valence-electron chi connectivity index (χ0n) is 11.2. The van der Waals surface area contributed by atoms with Gasteiger partial charge in [0, 0.05) is 4.47 Å². The highest BCUT2D eigenvalue weighted by Crippen LogP contribution is 2.28. The van der Waals surface area contributed by atoms with Crippen LogP contribution in [0.5, 0.6) is 0 Å². The van der Waals surface area contributed by atoms with Crippen LogP contribution < -0.4 is 5.32 Å². The van der Waals surface area contributed by atoms with Crippen LogP contribution in [0.3, 0.4) is 0 Å². The number of terminal acetylenes is 1. The number of esters is 1. The van der Waals surface area contributed by atoms with Crippen molar-refractivity contribution in [3.63, 3.8) is 0 Å². The number of carbonyl (C=O) groups excluding carboxylic acids is 1. The van der Waals surface area contributed by atoms with Gasteiger partial charge in [-0.25, -0.2) is 4.79 Å². The zero-order chi connectivity index (χ0) is 14.3. The molecule has 0 spiro atoms. The van der Waals surface area contributed by atoms with E-state index in [4.69, 9.17) is 11.2 Å². The summed E-state index contributed by atoms with van der Waals surface area (Å²) in [5.74, 6) is 2.21. The molecule has 1 rings (SSSR count). The van der Waals surface area contributed by atoms with Gasteiger partial charge in [0.15, 0.2) is 0 Å². The first-order valence-electron chi connectivity index (χ1n) is 6.22. The van der Waals surface area contributed by atoms with Gasteiger partial charge in [-0.2, -0.15) is 0 Å². The summed E-state index contributed by atoms with van der Waals surface area (Å²) in [4.78, 5) is 12.3. The highest BCUT2D eigenvalue weighted by atomic mass is 79.9. The molecule has 1 atom stereocenters. The van der Waals surface area contributed by atoms with Crippen LogP contribution in [0.15, 0.2) is 28.7 Å². The van der Waals surface area contributed by atoms with Crippen molar-refractivity contribution in [2.24, 2.45) is 0 Å². The summed E-state index contributed by atoms with van der Waals surface area (Å²) < 4.78 is 6.16. The lowest BCUT2D eigenvalue weighted by atomic mass is 9.87. The summed E-state index contributed by atoms with van der Waals surface area (Å²) in [6.45, 7) is 4.38. The van der Waals surface area contributed by atoms with Crippen LogP contribution in [-0.2, 0) is 15.1 Å². The lowest BCUT2D eigenvalue weighted by Gasteiger charge is -2.31. The molecule has 1 aromatic carbocycles. The number of hydrogen-bond donors (Lipinski definition) is 1. The quantitative estimate of drug-likeness (QED) is 0.646. The highest BCUT2D eigenvalue weighted by Gasteiger charge is 2.39. The van der Waals surface area contributed by atoms with Crippen molar-refractivity contribution >= 4 is 21.9 Å². The van der Waals surface area contributed by atoms with Crippen LogP contribution in [0.2, 0.25) is 0 Å². The van der Waals surface area contributed by atoms with E-state index in [9.17, 15) is 4.79 Å². The number of carbonyl (C=O) groups is 1. The van der Waals surface area contributed by atoms with E-state index in [-0.39, 0.29) is 5.97 Å². The van der Waals surface area contributed by atoms with Crippen molar-refractivity contribution in [3.8, 4) is 12.3 Å². The van der Waals surface area contributed by atoms with Crippen molar-refractivity contribution < 1.29 is 9.53 Å². The second-order valence-electron chi connectivity index (χ2n) is 4.04. The van der Waals surface area contributed by atoms with Gasteiger partial charge in [0.2, 0.25) is 0 Å². The standard InChI is InChI=1S/C15H18BrNO2/c1-4-11-17-15(5-2,14(18)19-6-3)12-7-9-13(16)10-8-12/h1,7-10,17H,5-6,11H2,2-3H3. The van der Waals surface area contributed by atoms with E-state index in [2.05, 4.69) is 27.2 Å². The topological polar surface area (TPSA) is 38.3 Å². The van der Waals surface area contributed by atoms with Gasteiger partial charge >= 0.3 is 5.97 Å². The number of nitrogens with one attached hydrogen (secondary N) is 1. The molecule has 0 heterocycles. The molecule has 4 heteroatoms. The van der Waals surface area contributed by atoms with Gasteiger partial charge in [0.05, 0.1) is 13.2 Å². The second kappa shape index (κ2) is 7.32. The molecule has 1 N–H and O–H groups in total. The SMILES string of the molecule is C#CCNC(CC)(C(=O)OCC)c1ccc(Br)cc1. The van der Waals surface area contributed by atoms with Crippen molar-refractivity contribution in [2.75, 3.05) is 13.2 Å². The van der Waals surface area contributed by atoms with Gasteiger partial charge in [-0.3, -0.25) is 5.32 Å². The molecule has 19 heavy (non-hydrogen) atoms. The van der Waals surface area contributed by atoms with Crippen LogP contribution in [0.1, 0.15) is 25.8 Å². The average Bonchev–Trinajstić information content (AvgIpc) is 2.42. The fourth-order valence-corrected chi connectivity index (χ4v) is 2.22. The minimum atomic E-state index is -0.886. The second-order valence-corrected chi connectivity index (χ2v) is 4.96. The van der Waals surface area contributed by atoms with Crippen LogP contribution in [0.25, 0.3) is 0 Å². The van der Waals surface area contributed by atoms with E-state index >= 15 is 0 Å². The minimum Gasteiger partial charge on any atom is -0.464 e. The maximum Gasteiger partial charge on any atom is 0.331 e. The minimum absolute atomic E-state index is 0.296. The zero-order valence-corrected chi connectivity index (χ0v) is 12.8. The third-order valence-electron chi connectivity index (χ3n) is 2.98. The Labute approximate surface area is 122 Å². The predicted molar refractivity (Wildman–Crippen MR) is 79.6 cm³/mol. The Hall–Kier alpha value is -1.31. The first kappa shape index (κ1) is 15.7. The number of ether oxygens (including phenoxy) is 1. The monoisotopic (exact) mass is 323 g/mol. The third kappa shape index (κ3) is 3.59. The van der Waals surface area contributed by atoms with Crippen molar-refractivity contribution in [3.05, 3.63) is 34.3 Å². The first-order valence-corrected chi connectivity index (χ1v) is 7.01. The molecule has 0 aliphatic carbocycles. The molecule has 0 aliphatic heterocycles. The Kier molecular flexibility index (Phi) is 6.07. The summed E-state index contributed by atoms with van der Waals surface area (Å²) in [7, 11) is 0. The van der Waals surface area contributed by atoms with Crippen LogP contribution in [0, 0.1) is 12.3 Å². The van der Waals surface area contributed by atoms with Crippen molar-refractivity contribution in [2.45, 2.75) is 25.8 Å². The fraction of sp³-hybridized carbons (Fsp3) is 0.400. The molecule has 0 fully saturated rings. The molecule has 0 bridgehead atoms. The molecule has 0 saturated carbocycles. The number of rotatable bonds is 6. The Balaban J connectivity index is 3.19. The van der Waals surface area contributed by atoms with E-state index < -0.39 is 5.54 Å². The Morgan fingerprint density at radius 1 is 1.42 bits per heavy atom. The number of benzene rings is 1. The summed E-state index contributed by atoms with van der Waals surface area (Å²) in [5.41, 5.74) is -0.0322. The van der Waals surface area contributed by atoms with Gasteiger partial charge in [0.1, 0.15) is 5.54 Å². The normalized spacial score (nSPS) is 13.4. The first-order chi connectivity index (χ1) is 9.10. The molecule has 0 saturated heterocycles. The molecular weight excluding hydrogens is 306 g/mol. The molecule has 102 valence electrons. The molecule has 3 nitrogen and oxygen atoms in total. The fourth-order valence-electron chi connectivity index (χ4n) is 1.96. The highest BCUT2D eigenvalue weighted by molar-refractivity contribution is 9.10. The van der Waals surface area contributed by atoms with E-state index in [1.54, 1.807) is 6.92 Å². The molecular formula is C15H18BrNO2. The van der Waals surface area contributed by atoms with Gasteiger partial charge in [-0.1, -0.05) is 40.9 Å². The molecule has 1 unspecified atom stereocenters. The van der Waals surface area contributed by atoms with Gasteiger partial charge in [-0.15, -0.1) is 6.42 Å². The van der Waals surface area contributed by atoms with Crippen LogP contribution >= 0.6 is 15.9 Å². The van der Waals surface area contributed by atoms with Gasteiger partial charge in [0.25, 0.3) is 0 Å². The van der Waals surface area contributed by atoms with Crippen molar-refractivity contribution in [1.29, 1.82) is 0 Å². The third-order valence-corrected chi connectivity index (χ3v) is 3.51. The Morgan fingerprint density at radius 2 is 2.05 bits per heavy atom. The number of hydrogen-bond acceptors (Lipinski definition) is 3. The number of halogens is 1. The van der Waals surface area contributed by atoms with Crippen LogP contribution in [-0.4, -0.2) is 19.1 Å². The lowest BCUT2D eigenvalue weighted by molar-refractivity contribution is -0.151. The lowest BCUT2D eigenvalue weighted by Crippen LogP contribution is -2.50. The smallest absolute Gasteiger partial charge is 0.331 e. The van der Waals surface area contributed by atoms with E-state index in [1.807, 2.05) is 31.2 Å². The molecule has 0 aromatic heterocycles. The Morgan fingerprint density at radius 3 is 2.53 bits per heavy atom. The molecule has 0 amide bonds. The van der Waals surface area contributed by atoms with Gasteiger partial charge < -0.3 is 4.74 Å². The van der Waals surface area contributed by atoms with E-state index in [0.29, 0.717) is 19.6 Å². The molecule has 1 aromatic rings. The summed E-state index contributed by atoms with van der Waals surface area (Å²) >= 11 is 3.39. The predicted octanol–water partition coefficient (Wildman–Crippen LogP) is 2.84.